The van der Waals surface area contributed by atoms with Crippen LogP contribution in [0, 0.1) is 6.92 Å². The normalized spacial score (nSPS) is 10.9. The van der Waals surface area contributed by atoms with Gasteiger partial charge in [0.2, 0.25) is 0 Å². The maximum absolute atomic E-state index is 3.57. The van der Waals surface area contributed by atoms with Crippen molar-refractivity contribution in [3.63, 3.8) is 0 Å². The summed E-state index contributed by atoms with van der Waals surface area (Å²) in [4.78, 5) is 1.34. The maximum atomic E-state index is 3.57. The fourth-order valence-electron chi connectivity index (χ4n) is 1.16. The number of rotatable bonds is 0. The molecule has 0 unspecified atom stereocenters. The van der Waals surface area contributed by atoms with E-state index in [1.165, 1.54) is 19.4 Å². The number of halogens is 2. The zero-order valence-corrected chi connectivity index (χ0v) is 10.4. The largest absolute Gasteiger partial charge is 0.139 e. The Kier molecular flexibility index (Phi) is 2.27. The second-order valence-corrected chi connectivity index (χ2v) is 5.58. The summed E-state index contributed by atoms with van der Waals surface area (Å²) in [5, 5.41) is 1.30. The molecule has 0 nitrogen and oxygen atoms in total. The predicted octanol–water partition coefficient (Wildman–Crippen LogP) is 4.73. The summed E-state index contributed by atoms with van der Waals surface area (Å²) in [6, 6.07) is 6.36. The minimum atomic E-state index is 1.13. The molecule has 0 aliphatic heterocycles. The molecular formula is C9H6Br2S. The molecule has 0 radical (unpaired) electrons. The molecule has 2 rings (SSSR count). The first kappa shape index (κ1) is 8.73. The molecule has 0 saturated heterocycles. The Hall–Kier alpha value is 0.140. The zero-order valence-electron chi connectivity index (χ0n) is 6.40. The third kappa shape index (κ3) is 1.34. The van der Waals surface area contributed by atoms with E-state index in [2.05, 4.69) is 57.0 Å². The monoisotopic (exact) mass is 304 g/mol. The summed E-state index contributed by atoms with van der Waals surface area (Å²) >= 11 is 8.85. The van der Waals surface area contributed by atoms with Crippen LogP contribution in [0.1, 0.15) is 4.88 Å². The second-order valence-electron chi connectivity index (χ2n) is 2.61. The van der Waals surface area contributed by atoms with Crippen molar-refractivity contribution in [2.75, 3.05) is 0 Å². The van der Waals surface area contributed by atoms with Gasteiger partial charge in [-0.1, -0.05) is 15.9 Å². The first-order chi connectivity index (χ1) is 5.68. The van der Waals surface area contributed by atoms with Crippen molar-refractivity contribution in [2.24, 2.45) is 0 Å². The van der Waals surface area contributed by atoms with E-state index in [0.717, 1.165) is 4.47 Å². The summed E-state index contributed by atoms with van der Waals surface area (Å²) in [6.07, 6.45) is 0. The topological polar surface area (TPSA) is 0 Å². The highest BCUT2D eigenvalue weighted by atomic mass is 79.9. The van der Waals surface area contributed by atoms with Crippen molar-refractivity contribution >= 4 is 53.3 Å². The summed E-state index contributed by atoms with van der Waals surface area (Å²) in [5.74, 6) is 0. The van der Waals surface area contributed by atoms with E-state index in [-0.39, 0.29) is 0 Å². The van der Waals surface area contributed by atoms with Crippen molar-refractivity contribution in [3.8, 4) is 0 Å². The van der Waals surface area contributed by atoms with Crippen LogP contribution in [0.3, 0.4) is 0 Å². The van der Waals surface area contributed by atoms with E-state index in [0.29, 0.717) is 0 Å². The van der Waals surface area contributed by atoms with Gasteiger partial charge >= 0.3 is 0 Å². The fraction of sp³-hybridized carbons (Fsp3) is 0.111. The van der Waals surface area contributed by atoms with Crippen LogP contribution in [0.15, 0.2) is 27.1 Å². The molecule has 0 bridgehead atoms. The fourth-order valence-corrected chi connectivity index (χ4v) is 3.16. The van der Waals surface area contributed by atoms with E-state index >= 15 is 0 Å². The highest BCUT2D eigenvalue weighted by molar-refractivity contribution is 9.11. The van der Waals surface area contributed by atoms with Gasteiger partial charge < -0.3 is 0 Å². The first-order valence-corrected chi connectivity index (χ1v) is 5.93. The molecule has 12 heavy (non-hydrogen) atoms. The van der Waals surface area contributed by atoms with E-state index < -0.39 is 0 Å². The Morgan fingerprint density at radius 2 is 2.00 bits per heavy atom. The third-order valence-corrected chi connectivity index (χ3v) is 4.61. The van der Waals surface area contributed by atoms with Gasteiger partial charge in [0.05, 0.1) is 0 Å². The van der Waals surface area contributed by atoms with Crippen LogP contribution >= 0.6 is 43.2 Å². The van der Waals surface area contributed by atoms with Gasteiger partial charge in [0.1, 0.15) is 0 Å². The minimum Gasteiger partial charge on any atom is -0.139 e. The smallest absolute Gasteiger partial charge is 0.0390 e. The van der Waals surface area contributed by atoms with Gasteiger partial charge in [-0.15, -0.1) is 11.3 Å². The number of thiophene rings is 1. The van der Waals surface area contributed by atoms with Crippen LogP contribution in [0.4, 0.5) is 0 Å². The molecule has 0 aliphatic rings. The van der Waals surface area contributed by atoms with E-state index in [1.54, 1.807) is 0 Å². The quantitative estimate of drug-likeness (QED) is 0.660. The first-order valence-electron chi connectivity index (χ1n) is 3.52. The van der Waals surface area contributed by atoms with Crippen molar-refractivity contribution in [3.05, 3.63) is 32.0 Å². The third-order valence-electron chi connectivity index (χ3n) is 1.75. The lowest BCUT2D eigenvalue weighted by molar-refractivity contribution is 1.61. The predicted molar refractivity (Wildman–Crippen MR) is 62.0 cm³/mol. The molecule has 2 aromatic rings. The van der Waals surface area contributed by atoms with Crippen molar-refractivity contribution in [1.82, 2.24) is 0 Å². The Balaban J connectivity index is 2.88. The lowest BCUT2D eigenvalue weighted by atomic mass is 10.2. The SMILES string of the molecule is Cc1sc2ccc(Br)cc2c1Br. The Morgan fingerprint density at radius 1 is 1.25 bits per heavy atom. The molecule has 0 aliphatic carbocycles. The number of aryl methyl sites for hydroxylation is 1. The van der Waals surface area contributed by atoms with Gasteiger partial charge in [-0.3, -0.25) is 0 Å². The average molecular weight is 306 g/mol. The zero-order chi connectivity index (χ0) is 8.72. The second kappa shape index (κ2) is 3.13. The van der Waals surface area contributed by atoms with Gasteiger partial charge in [0.25, 0.3) is 0 Å². The molecule has 1 aromatic carbocycles. The molecule has 0 spiro atoms. The van der Waals surface area contributed by atoms with Crippen molar-refractivity contribution < 1.29 is 0 Å². The summed E-state index contributed by atoms with van der Waals surface area (Å²) in [5.41, 5.74) is 0. The molecule has 0 atom stereocenters. The molecule has 0 amide bonds. The van der Waals surface area contributed by atoms with Crippen LogP contribution in [-0.2, 0) is 0 Å². The number of hydrogen-bond acceptors (Lipinski definition) is 1. The Bertz CT molecular complexity index is 431. The molecule has 0 saturated carbocycles. The van der Waals surface area contributed by atoms with Crippen LogP contribution in [0.2, 0.25) is 0 Å². The van der Waals surface area contributed by atoms with Gasteiger partial charge in [0, 0.05) is 23.9 Å². The Morgan fingerprint density at radius 3 is 2.75 bits per heavy atom. The highest BCUT2D eigenvalue weighted by Crippen LogP contribution is 2.36. The summed E-state index contributed by atoms with van der Waals surface area (Å²) < 4.78 is 3.69. The van der Waals surface area contributed by atoms with Crippen LogP contribution in [0.5, 0.6) is 0 Å². The van der Waals surface area contributed by atoms with Crippen LogP contribution in [-0.4, -0.2) is 0 Å². The number of benzene rings is 1. The lowest BCUT2D eigenvalue weighted by Gasteiger charge is -1.91. The van der Waals surface area contributed by atoms with Crippen LogP contribution in [0.25, 0.3) is 10.1 Å². The molecule has 0 fully saturated rings. The Labute approximate surface area is 91.9 Å². The van der Waals surface area contributed by atoms with Crippen molar-refractivity contribution in [2.45, 2.75) is 6.92 Å². The lowest BCUT2D eigenvalue weighted by Crippen LogP contribution is -1.65. The number of hydrogen-bond donors (Lipinski definition) is 0. The minimum absolute atomic E-state index is 1.13. The molecule has 1 heterocycles. The van der Waals surface area contributed by atoms with Crippen LogP contribution < -0.4 is 0 Å². The summed E-state index contributed by atoms with van der Waals surface area (Å²) in [6.45, 7) is 2.13. The van der Waals surface area contributed by atoms with Gasteiger partial charge in [0.15, 0.2) is 0 Å². The van der Waals surface area contributed by atoms with Gasteiger partial charge in [-0.25, -0.2) is 0 Å². The highest BCUT2D eigenvalue weighted by Gasteiger charge is 2.05. The molecule has 0 N–H and O–H groups in total. The standard InChI is InChI=1S/C9H6Br2S/c1-5-9(11)7-4-6(10)2-3-8(7)12-5/h2-4H,1H3. The van der Waals surface area contributed by atoms with E-state index in [9.17, 15) is 0 Å². The summed E-state index contributed by atoms with van der Waals surface area (Å²) in [7, 11) is 0. The molecule has 3 heteroatoms. The van der Waals surface area contributed by atoms with Gasteiger partial charge in [-0.05, 0) is 41.1 Å². The van der Waals surface area contributed by atoms with Crippen molar-refractivity contribution in [1.29, 1.82) is 0 Å². The number of fused-ring (bicyclic) bond motifs is 1. The van der Waals surface area contributed by atoms with E-state index in [4.69, 9.17) is 0 Å². The van der Waals surface area contributed by atoms with E-state index in [1.807, 2.05) is 11.3 Å². The van der Waals surface area contributed by atoms with Gasteiger partial charge in [-0.2, -0.15) is 0 Å². The maximum Gasteiger partial charge on any atom is 0.0390 e. The molecule has 1 aromatic heterocycles. The molecular weight excluding hydrogens is 300 g/mol. The molecule has 62 valence electrons. The average Bonchev–Trinajstić information content (AvgIpc) is 2.31.